The van der Waals surface area contributed by atoms with Gasteiger partial charge >= 0.3 is 12.1 Å². The minimum absolute atomic E-state index is 0.0219. The zero-order valence-electron chi connectivity index (χ0n) is 21.8. The van der Waals surface area contributed by atoms with Crippen LogP contribution in [0.2, 0.25) is 0 Å². The van der Waals surface area contributed by atoms with E-state index in [4.69, 9.17) is 4.84 Å². The van der Waals surface area contributed by atoms with E-state index in [0.29, 0.717) is 35.8 Å². The molecule has 0 atom stereocenters. The summed E-state index contributed by atoms with van der Waals surface area (Å²) < 4.78 is 0. The van der Waals surface area contributed by atoms with Crippen LogP contribution >= 0.6 is 0 Å². The van der Waals surface area contributed by atoms with E-state index in [9.17, 15) is 34.2 Å². The first kappa shape index (κ1) is 29.7. The summed E-state index contributed by atoms with van der Waals surface area (Å²) in [7, 11) is 0. The number of benzene rings is 2. The van der Waals surface area contributed by atoms with Gasteiger partial charge in [0.2, 0.25) is 5.91 Å². The van der Waals surface area contributed by atoms with Crippen molar-refractivity contribution in [1.29, 1.82) is 0 Å². The molecule has 1 aliphatic rings. The van der Waals surface area contributed by atoms with Crippen LogP contribution in [-0.4, -0.2) is 58.1 Å². The summed E-state index contributed by atoms with van der Waals surface area (Å²) in [4.78, 5) is 62.7. The van der Waals surface area contributed by atoms with Crippen LogP contribution in [0, 0.1) is 0 Å². The van der Waals surface area contributed by atoms with Crippen LogP contribution in [0.1, 0.15) is 60.9 Å². The van der Waals surface area contributed by atoms with Gasteiger partial charge in [-0.15, -0.1) is 10.2 Å². The molecule has 0 unspecified atom stereocenters. The zero-order valence-corrected chi connectivity index (χ0v) is 21.8. The lowest BCUT2D eigenvalue weighted by Gasteiger charge is -2.13. The summed E-state index contributed by atoms with van der Waals surface area (Å²) in [6, 6.07) is 10.8. The van der Waals surface area contributed by atoms with Crippen molar-refractivity contribution in [2.24, 2.45) is 10.2 Å². The number of phenolic OH excluding ortho intramolecular Hbond substituents is 1. The number of imide groups is 1. The van der Waals surface area contributed by atoms with Gasteiger partial charge in [-0.05, 0) is 55.2 Å². The number of hydrogen-bond donors (Lipinski definition) is 4. The van der Waals surface area contributed by atoms with E-state index < -0.39 is 23.9 Å². The quantitative estimate of drug-likeness (QED) is 0.154. The third-order valence-corrected chi connectivity index (χ3v) is 5.97. The molecule has 1 fully saturated rings. The van der Waals surface area contributed by atoms with E-state index in [1.165, 1.54) is 18.2 Å². The SMILES string of the molecule is O=C(CCc1cc(/N=N/c2ccccc2C(=O)O)ccc1O)NCCCCCCNC(=O)ON1C(=O)CCC1=O. The molecule has 1 aliphatic heterocycles. The summed E-state index contributed by atoms with van der Waals surface area (Å²) in [5.74, 6) is -2.32. The minimum Gasteiger partial charge on any atom is -0.508 e. The summed E-state index contributed by atoms with van der Waals surface area (Å²) >= 11 is 0. The molecule has 212 valence electrons. The largest absolute Gasteiger partial charge is 0.508 e. The number of hydroxylamine groups is 2. The van der Waals surface area contributed by atoms with Gasteiger partial charge in [0.1, 0.15) is 11.4 Å². The molecule has 0 aliphatic carbocycles. The third kappa shape index (κ3) is 9.19. The molecule has 1 saturated heterocycles. The highest BCUT2D eigenvalue weighted by Gasteiger charge is 2.32. The van der Waals surface area contributed by atoms with Crippen molar-refractivity contribution in [3.8, 4) is 5.75 Å². The number of aryl methyl sites for hydroxylation is 1. The van der Waals surface area contributed by atoms with E-state index in [-0.39, 0.29) is 48.6 Å². The predicted octanol–water partition coefficient (Wildman–Crippen LogP) is 3.91. The van der Waals surface area contributed by atoms with Crippen LogP contribution in [-0.2, 0) is 25.6 Å². The average Bonchev–Trinajstić information content (AvgIpc) is 3.25. The highest BCUT2D eigenvalue weighted by molar-refractivity contribution is 6.01. The first-order chi connectivity index (χ1) is 19.2. The van der Waals surface area contributed by atoms with Gasteiger partial charge in [0.15, 0.2) is 0 Å². The number of phenols is 1. The summed E-state index contributed by atoms with van der Waals surface area (Å²) in [6.07, 6.45) is 2.69. The Morgan fingerprint density at radius 2 is 1.57 bits per heavy atom. The zero-order chi connectivity index (χ0) is 28.9. The molecule has 0 spiro atoms. The fourth-order valence-corrected chi connectivity index (χ4v) is 3.82. The van der Waals surface area contributed by atoms with Gasteiger partial charge in [0.25, 0.3) is 11.8 Å². The van der Waals surface area contributed by atoms with E-state index >= 15 is 0 Å². The number of amides is 4. The Bertz CT molecular complexity index is 1260. The number of aromatic carboxylic acids is 1. The molecule has 40 heavy (non-hydrogen) atoms. The van der Waals surface area contributed by atoms with E-state index in [2.05, 4.69) is 20.9 Å². The lowest BCUT2D eigenvalue weighted by molar-refractivity contribution is -0.171. The third-order valence-electron chi connectivity index (χ3n) is 5.97. The van der Waals surface area contributed by atoms with Gasteiger partial charge in [-0.25, -0.2) is 9.59 Å². The molecule has 4 amide bonds. The number of rotatable bonds is 14. The van der Waals surface area contributed by atoms with Crippen molar-refractivity contribution in [3.63, 3.8) is 0 Å². The Balaban J connectivity index is 1.30. The van der Waals surface area contributed by atoms with Crippen LogP contribution in [0.25, 0.3) is 0 Å². The summed E-state index contributed by atoms with van der Waals surface area (Å²) in [6.45, 7) is 0.812. The normalized spacial score (nSPS) is 13.1. The highest BCUT2D eigenvalue weighted by atomic mass is 16.7. The standard InChI is InChI=1S/C27H31N5O8/c33-22-11-10-19(30-31-21-8-4-3-7-20(21)26(37)38)17-18(22)9-12-23(34)28-15-5-1-2-6-16-29-27(39)40-32-24(35)13-14-25(32)36/h3-4,7-8,10-11,17,33H,1-2,5-6,9,12-16H2,(H,28,34)(H,29,39)(H,37,38)/b31-30+. The molecular formula is C27H31N5O8. The second-order valence-corrected chi connectivity index (χ2v) is 8.99. The average molecular weight is 554 g/mol. The Morgan fingerprint density at radius 3 is 2.27 bits per heavy atom. The second kappa shape index (κ2) is 15.0. The fraction of sp³-hybridized carbons (Fsp3) is 0.370. The second-order valence-electron chi connectivity index (χ2n) is 8.99. The molecule has 0 saturated carbocycles. The first-order valence-electron chi connectivity index (χ1n) is 12.9. The molecule has 1 heterocycles. The van der Waals surface area contributed by atoms with Crippen molar-refractivity contribution in [2.45, 2.75) is 51.4 Å². The van der Waals surface area contributed by atoms with Gasteiger partial charge in [-0.3, -0.25) is 14.4 Å². The van der Waals surface area contributed by atoms with Crippen molar-refractivity contribution in [3.05, 3.63) is 53.6 Å². The Hall–Kier alpha value is -4.81. The smallest absolute Gasteiger partial charge is 0.432 e. The van der Waals surface area contributed by atoms with Gasteiger partial charge in [-0.1, -0.05) is 25.0 Å². The van der Waals surface area contributed by atoms with E-state index in [1.807, 2.05) is 0 Å². The lowest BCUT2D eigenvalue weighted by atomic mass is 10.1. The minimum atomic E-state index is -1.11. The molecular weight excluding hydrogens is 522 g/mol. The molecule has 13 nitrogen and oxygen atoms in total. The molecule has 0 aromatic heterocycles. The number of nitrogens with zero attached hydrogens (tertiary/aromatic N) is 3. The lowest BCUT2D eigenvalue weighted by Crippen LogP contribution is -2.37. The number of carboxylic acids is 1. The van der Waals surface area contributed by atoms with Crippen LogP contribution in [0.3, 0.4) is 0 Å². The first-order valence-corrected chi connectivity index (χ1v) is 12.9. The summed E-state index contributed by atoms with van der Waals surface area (Å²) in [5, 5.41) is 33.3. The highest BCUT2D eigenvalue weighted by Crippen LogP contribution is 2.27. The predicted molar refractivity (Wildman–Crippen MR) is 141 cm³/mol. The summed E-state index contributed by atoms with van der Waals surface area (Å²) in [5.41, 5.74) is 1.15. The maximum atomic E-state index is 12.2. The van der Waals surface area contributed by atoms with Gasteiger partial charge < -0.3 is 25.7 Å². The van der Waals surface area contributed by atoms with Crippen LogP contribution < -0.4 is 10.6 Å². The Morgan fingerprint density at radius 1 is 0.900 bits per heavy atom. The van der Waals surface area contributed by atoms with Crippen molar-refractivity contribution < 1.29 is 39.0 Å². The number of nitrogens with one attached hydrogen (secondary N) is 2. The molecule has 2 aromatic carbocycles. The van der Waals surface area contributed by atoms with Crippen molar-refractivity contribution in [2.75, 3.05) is 13.1 Å². The topological polar surface area (TPSA) is 187 Å². The Kier molecular flexibility index (Phi) is 11.1. The number of carbonyl (C=O) groups is 5. The molecule has 0 bridgehead atoms. The van der Waals surface area contributed by atoms with Crippen LogP contribution in [0.5, 0.6) is 5.75 Å². The maximum Gasteiger partial charge on any atom is 0.432 e. The Labute approximate surface area is 230 Å². The van der Waals surface area contributed by atoms with Gasteiger partial charge in [-0.2, -0.15) is 5.11 Å². The number of aromatic hydroxyl groups is 1. The van der Waals surface area contributed by atoms with E-state index in [1.54, 1.807) is 24.3 Å². The van der Waals surface area contributed by atoms with Crippen molar-refractivity contribution in [1.82, 2.24) is 15.7 Å². The monoisotopic (exact) mass is 553 g/mol. The van der Waals surface area contributed by atoms with Gasteiger partial charge in [0, 0.05) is 32.4 Å². The number of azo groups is 1. The molecule has 2 aromatic rings. The molecule has 3 rings (SSSR count). The number of unbranched alkanes of at least 4 members (excludes halogenated alkanes) is 3. The van der Waals surface area contributed by atoms with Crippen molar-refractivity contribution >= 4 is 41.2 Å². The van der Waals surface area contributed by atoms with Gasteiger partial charge in [0.05, 0.1) is 11.3 Å². The fourth-order valence-electron chi connectivity index (χ4n) is 3.82. The molecule has 0 radical (unpaired) electrons. The van der Waals surface area contributed by atoms with Crippen LogP contribution in [0.4, 0.5) is 16.2 Å². The maximum absolute atomic E-state index is 12.2. The number of carboxylic acid groups (broad SMARTS) is 1. The number of hydrogen-bond acceptors (Lipinski definition) is 9. The van der Waals surface area contributed by atoms with Crippen LogP contribution in [0.15, 0.2) is 52.7 Å². The number of carbonyl (C=O) groups excluding carboxylic acids is 4. The molecule has 4 N–H and O–H groups in total. The molecule has 13 heteroatoms. The van der Waals surface area contributed by atoms with E-state index in [0.717, 1.165) is 19.3 Å².